The highest BCUT2D eigenvalue weighted by molar-refractivity contribution is 7.99. The summed E-state index contributed by atoms with van der Waals surface area (Å²) in [5, 5.41) is 0. The Morgan fingerprint density at radius 3 is 2.71 bits per heavy atom. The highest BCUT2D eigenvalue weighted by atomic mass is 32.2. The maximum atomic E-state index is 2.42. The van der Waals surface area contributed by atoms with Gasteiger partial charge in [-0.3, -0.25) is 0 Å². The molecule has 1 nitrogen and oxygen atoms in total. The fraction of sp³-hybridized carbons (Fsp3) is 0.200. The maximum Gasteiger partial charge on any atom is 0.0689 e. The molecule has 0 saturated carbocycles. The van der Waals surface area contributed by atoms with Crippen molar-refractivity contribution in [1.82, 2.24) is 0 Å². The van der Waals surface area contributed by atoms with E-state index in [-0.39, 0.29) is 0 Å². The van der Waals surface area contributed by atoms with Crippen molar-refractivity contribution in [1.29, 1.82) is 0 Å². The van der Waals surface area contributed by atoms with Gasteiger partial charge < -0.3 is 4.90 Å². The van der Waals surface area contributed by atoms with E-state index in [0.29, 0.717) is 0 Å². The van der Waals surface area contributed by atoms with Crippen LogP contribution in [0, 0.1) is 6.92 Å². The molecule has 3 rings (SSSR count). The van der Waals surface area contributed by atoms with Gasteiger partial charge in [-0.15, -0.1) is 11.8 Å². The molecule has 0 bridgehead atoms. The Morgan fingerprint density at radius 2 is 1.88 bits per heavy atom. The molecule has 2 aromatic carbocycles. The molecule has 0 aromatic heterocycles. The highest BCUT2D eigenvalue weighted by Crippen LogP contribution is 2.33. The third kappa shape index (κ3) is 2.18. The van der Waals surface area contributed by atoms with Gasteiger partial charge in [0.2, 0.25) is 0 Å². The minimum absolute atomic E-state index is 1.02. The quantitative estimate of drug-likeness (QED) is 0.740. The summed E-state index contributed by atoms with van der Waals surface area (Å²) in [7, 11) is 0. The Bertz CT molecular complexity index is 522. The molecule has 0 atom stereocenters. The van der Waals surface area contributed by atoms with E-state index in [9.17, 15) is 0 Å². The Morgan fingerprint density at radius 1 is 1.06 bits per heavy atom. The van der Waals surface area contributed by atoms with Gasteiger partial charge in [-0.1, -0.05) is 35.9 Å². The zero-order chi connectivity index (χ0) is 11.7. The summed E-state index contributed by atoms with van der Waals surface area (Å²) in [6.07, 6.45) is 0. The van der Waals surface area contributed by atoms with Gasteiger partial charge in [-0.25, -0.2) is 0 Å². The third-order valence-electron chi connectivity index (χ3n) is 3.07. The van der Waals surface area contributed by atoms with Gasteiger partial charge in [0.05, 0.1) is 5.88 Å². The molecule has 17 heavy (non-hydrogen) atoms. The van der Waals surface area contributed by atoms with Crippen molar-refractivity contribution in [3.8, 4) is 0 Å². The number of fused-ring (bicyclic) bond motifs is 1. The van der Waals surface area contributed by atoms with Gasteiger partial charge in [0.25, 0.3) is 0 Å². The SMILES string of the molecule is Cc1ccc2c(c1)CN(c1ccccc1)CS2. The number of para-hydroxylation sites is 1. The van der Waals surface area contributed by atoms with Crippen molar-refractivity contribution in [3.05, 3.63) is 59.7 Å². The third-order valence-corrected chi connectivity index (χ3v) is 4.22. The summed E-state index contributed by atoms with van der Waals surface area (Å²) in [6.45, 7) is 3.18. The van der Waals surface area contributed by atoms with E-state index < -0.39 is 0 Å². The maximum absolute atomic E-state index is 2.42. The normalized spacial score (nSPS) is 14.5. The highest BCUT2D eigenvalue weighted by Gasteiger charge is 2.16. The second-order valence-corrected chi connectivity index (χ2v) is 5.40. The second-order valence-electron chi connectivity index (χ2n) is 4.42. The molecule has 0 unspecified atom stereocenters. The number of anilines is 1. The van der Waals surface area contributed by atoms with Crippen LogP contribution in [-0.4, -0.2) is 5.88 Å². The van der Waals surface area contributed by atoms with Gasteiger partial charge in [0.1, 0.15) is 0 Å². The molecule has 1 aliphatic rings. The zero-order valence-electron chi connectivity index (χ0n) is 9.89. The first kappa shape index (κ1) is 10.7. The number of nitrogens with zero attached hydrogens (tertiary/aromatic N) is 1. The predicted octanol–water partition coefficient (Wildman–Crippen LogP) is 4.06. The summed E-state index contributed by atoms with van der Waals surface area (Å²) >= 11 is 1.93. The Labute approximate surface area is 106 Å². The van der Waals surface area contributed by atoms with Crippen molar-refractivity contribution in [2.75, 3.05) is 10.8 Å². The average molecular weight is 241 g/mol. The number of benzene rings is 2. The monoisotopic (exact) mass is 241 g/mol. The summed E-state index contributed by atoms with van der Waals surface area (Å²) in [6, 6.07) is 17.4. The van der Waals surface area contributed by atoms with Gasteiger partial charge in [0, 0.05) is 17.1 Å². The first-order valence-electron chi connectivity index (χ1n) is 5.85. The molecule has 2 aromatic rings. The number of hydrogen-bond donors (Lipinski definition) is 0. The molecule has 0 radical (unpaired) electrons. The lowest BCUT2D eigenvalue weighted by Crippen LogP contribution is -2.25. The fourth-order valence-corrected chi connectivity index (χ4v) is 3.18. The Hall–Kier alpha value is -1.41. The first-order chi connectivity index (χ1) is 8.33. The molecule has 0 aliphatic carbocycles. The van der Waals surface area contributed by atoms with Crippen LogP contribution in [0.15, 0.2) is 53.4 Å². The topological polar surface area (TPSA) is 3.24 Å². The van der Waals surface area contributed by atoms with Crippen LogP contribution in [0.25, 0.3) is 0 Å². The molecule has 0 N–H and O–H groups in total. The number of thioether (sulfide) groups is 1. The van der Waals surface area contributed by atoms with Crippen molar-refractivity contribution in [2.24, 2.45) is 0 Å². The molecule has 0 saturated heterocycles. The molecular formula is C15H15NS. The van der Waals surface area contributed by atoms with E-state index in [0.717, 1.165) is 12.4 Å². The number of rotatable bonds is 1. The van der Waals surface area contributed by atoms with E-state index in [4.69, 9.17) is 0 Å². The van der Waals surface area contributed by atoms with Crippen LogP contribution < -0.4 is 4.90 Å². The van der Waals surface area contributed by atoms with E-state index in [1.165, 1.54) is 21.7 Å². The fourth-order valence-electron chi connectivity index (χ4n) is 2.18. The Kier molecular flexibility index (Phi) is 2.81. The number of aryl methyl sites for hydroxylation is 1. The molecule has 1 aliphatic heterocycles. The van der Waals surface area contributed by atoms with Crippen LogP contribution in [-0.2, 0) is 6.54 Å². The van der Waals surface area contributed by atoms with Crippen molar-refractivity contribution in [3.63, 3.8) is 0 Å². The lowest BCUT2D eigenvalue weighted by atomic mass is 10.1. The van der Waals surface area contributed by atoms with Gasteiger partial charge in [-0.2, -0.15) is 0 Å². The summed E-state index contributed by atoms with van der Waals surface area (Å²) < 4.78 is 0. The molecule has 1 heterocycles. The Balaban J connectivity index is 1.90. The minimum Gasteiger partial charge on any atom is -0.358 e. The van der Waals surface area contributed by atoms with E-state index in [1.807, 2.05) is 11.8 Å². The minimum atomic E-state index is 1.02. The van der Waals surface area contributed by atoms with Crippen LogP contribution >= 0.6 is 11.8 Å². The molecule has 0 amide bonds. The standard InChI is InChI=1S/C15H15NS/c1-12-7-8-15-13(9-12)10-16(11-17-15)14-5-3-2-4-6-14/h2-9H,10-11H2,1H3. The summed E-state index contributed by atoms with van der Waals surface area (Å²) in [5.41, 5.74) is 4.11. The molecule has 0 fully saturated rings. The lowest BCUT2D eigenvalue weighted by molar-refractivity contribution is 0.864. The lowest BCUT2D eigenvalue weighted by Gasteiger charge is -2.30. The molecule has 2 heteroatoms. The van der Waals surface area contributed by atoms with E-state index in [1.54, 1.807) is 0 Å². The second kappa shape index (κ2) is 4.46. The molecule has 86 valence electrons. The summed E-state index contributed by atoms with van der Waals surface area (Å²) in [4.78, 5) is 3.86. The van der Waals surface area contributed by atoms with Gasteiger partial charge in [0.15, 0.2) is 0 Å². The smallest absolute Gasteiger partial charge is 0.0689 e. The van der Waals surface area contributed by atoms with Gasteiger partial charge in [-0.05, 0) is 30.7 Å². The van der Waals surface area contributed by atoms with Crippen LogP contribution in [0.1, 0.15) is 11.1 Å². The van der Waals surface area contributed by atoms with Crippen LogP contribution in [0.3, 0.4) is 0 Å². The predicted molar refractivity (Wildman–Crippen MR) is 74.5 cm³/mol. The summed E-state index contributed by atoms with van der Waals surface area (Å²) in [5.74, 6) is 1.04. The van der Waals surface area contributed by atoms with Crippen molar-refractivity contribution in [2.45, 2.75) is 18.4 Å². The molecule has 0 spiro atoms. The number of hydrogen-bond acceptors (Lipinski definition) is 2. The van der Waals surface area contributed by atoms with Crippen molar-refractivity contribution < 1.29 is 0 Å². The van der Waals surface area contributed by atoms with E-state index >= 15 is 0 Å². The van der Waals surface area contributed by atoms with Crippen LogP contribution in [0.5, 0.6) is 0 Å². The first-order valence-corrected chi connectivity index (χ1v) is 6.84. The largest absolute Gasteiger partial charge is 0.358 e. The molecular weight excluding hydrogens is 226 g/mol. The van der Waals surface area contributed by atoms with E-state index in [2.05, 4.69) is 60.4 Å². The van der Waals surface area contributed by atoms with Crippen LogP contribution in [0.2, 0.25) is 0 Å². The van der Waals surface area contributed by atoms with Gasteiger partial charge >= 0.3 is 0 Å². The van der Waals surface area contributed by atoms with Crippen LogP contribution in [0.4, 0.5) is 5.69 Å². The zero-order valence-corrected chi connectivity index (χ0v) is 10.7. The average Bonchev–Trinajstić information content (AvgIpc) is 2.39. The van der Waals surface area contributed by atoms with Crippen molar-refractivity contribution >= 4 is 17.4 Å².